The van der Waals surface area contributed by atoms with Crippen molar-refractivity contribution < 1.29 is 4.79 Å². The van der Waals surface area contributed by atoms with E-state index < -0.39 is 0 Å². The third-order valence-corrected chi connectivity index (χ3v) is 4.91. The molecule has 0 saturated carbocycles. The van der Waals surface area contributed by atoms with Crippen LogP contribution < -0.4 is 0 Å². The molecule has 3 heteroatoms. The molecule has 0 aromatic heterocycles. The van der Waals surface area contributed by atoms with E-state index in [1.165, 1.54) is 11.1 Å². The van der Waals surface area contributed by atoms with Crippen LogP contribution in [0.4, 0.5) is 0 Å². The summed E-state index contributed by atoms with van der Waals surface area (Å²) in [6.45, 7) is 11.1. The summed E-state index contributed by atoms with van der Waals surface area (Å²) in [4.78, 5) is 16.9. The van der Waals surface area contributed by atoms with Crippen LogP contribution in [0.5, 0.6) is 0 Å². The highest BCUT2D eigenvalue weighted by Gasteiger charge is 2.22. The van der Waals surface area contributed by atoms with Crippen molar-refractivity contribution in [3.05, 3.63) is 71.3 Å². The lowest BCUT2D eigenvalue weighted by molar-refractivity contribution is 0.0628. The molecule has 0 atom stereocenters. The van der Waals surface area contributed by atoms with Crippen LogP contribution in [0.2, 0.25) is 0 Å². The predicted molar refractivity (Wildman–Crippen MR) is 103 cm³/mol. The zero-order valence-corrected chi connectivity index (χ0v) is 15.5. The minimum atomic E-state index is 0.148. The van der Waals surface area contributed by atoms with Gasteiger partial charge in [-0.05, 0) is 28.7 Å². The summed E-state index contributed by atoms with van der Waals surface area (Å²) >= 11 is 0. The molecule has 2 aromatic rings. The fourth-order valence-corrected chi connectivity index (χ4v) is 3.24. The highest BCUT2D eigenvalue weighted by Crippen LogP contribution is 2.22. The minimum Gasteiger partial charge on any atom is -0.336 e. The molecular weight excluding hydrogens is 308 g/mol. The van der Waals surface area contributed by atoms with Gasteiger partial charge in [0, 0.05) is 38.3 Å². The van der Waals surface area contributed by atoms with Crippen LogP contribution in [0, 0.1) is 0 Å². The summed E-state index contributed by atoms with van der Waals surface area (Å²) < 4.78 is 0. The summed E-state index contributed by atoms with van der Waals surface area (Å²) in [5.74, 6) is 0.148. The van der Waals surface area contributed by atoms with E-state index in [0.717, 1.165) is 38.3 Å². The van der Waals surface area contributed by atoms with Crippen LogP contribution in [-0.2, 0) is 12.0 Å². The molecule has 1 fully saturated rings. The van der Waals surface area contributed by atoms with Gasteiger partial charge in [-0.1, -0.05) is 63.2 Å². The molecule has 25 heavy (non-hydrogen) atoms. The summed E-state index contributed by atoms with van der Waals surface area (Å²) in [5, 5.41) is 0. The molecule has 1 saturated heterocycles. The fraction of sp³-hybridized carbons (Fsp3) is 0.409. The van der Waals surface area contributed by atoms with Crippen molar-refractivity contribution in [3.8, 4) is 0 Å². The maximum Gasteiger partial charge on any atom is 0.253 e. The Bertz CT molecular complexity index is 693. The topological polar surface area (TPSA) is 23.6 Å². The molecule has 0 aliphatic carbocycles. The smallest absolute Gasteiger partial charge is 0.253 e. The van der Waals surface area contributed by atoms with Gasteiger partial charge in [0.1, 0.15) is 0 Å². The third-order valence-electron chi connectivity index (χ3n) is 4.91. The zero-order valence-electron chi connectivity index (χ0n) is 15.5. The highest BCUT2D eigenvalue weighted by atomic mass is 16.2. The Labute approximate surface area is 151 Å². The minimum absolute atomic E-state index is 0.148. The van der Waals surface area contributed by atoms with E-state index in [1.807, 2.05) is 35.2 Å². The van der Waals surface area contributed by atoms with Gasteiger partial charge in [0.15, 0.2) is 0 Å². The predicted octanol–water partition coefficient (Wildman–Crippen LogP) is 3.94. The van der Waals surface area contributed by atoms with Crippen molar-refractivity contribution in [1.29, 1.82) is 0 Å². The van der Waals surface area contributed by atoms with E-state index in [0.29, 0.717) is 0 Å². The average Bonchev–Trinajstić information content (AvgIpc) is 2.62. The van der Waals surface area contributed by atoms with E-state index in [2.05, 4.69) is 49.9 Å². The Hall–Kier alpha value is -2.13. The third kappa shape index (κ3) is 4.49. The van der Waals surface area contributed by atoms with Gasteiger partial charge in [0.25, 0.3) is 5.91 Å². The summed E-state index contributed by atoms with van der Waals surface area (Å²) in [5.41, 5.74) is 3.70. The number of carbonyl (C=O) groups excluding carboxylic acids is 1. The van der Waals surface area contributed by atoms with Gasteiger partial charge >= 0.3 is 0 Å². The van der Waals surface area contributed by atoms with Crippen LogP contribution in [0.1, 0.15) is 42.3 Å². The molecule has 0 N–H and O–H groups in total. The summed E-state index contributed by atoms with van der Waals surface area (Å²) in [7, 11) is 0. The lowest BCUT2D eigenvalue weighted by atomic mass is 9.87. The van der Waals surface area contributed by atoms with Gasteiger partial charge in [-0.3, -0.25) is 9.69 Å². The number of hydrogen-bond acceptors (Lipinski definition) is 2. The largest absolute Gasteiger partial charge is 0.336 e. The Morgan fingerprint density at radius 3 is 2.04 bits per heavy atom. The normalized spacial score (nSPS) is 16.0. The molecule has 1 heterocycles. The maximum atomic E-state index is 12.5. The van der Waals surface area contributed by atoms with Crippen molar-refractivity contribution in [3.63, 3.8) is 0 Å². The molecule has 132 valence electrons. The van der Waals surface area contributed by atoms with E-state index in [-0.39, 0.29) is 11.3 Å². The Kier molecular flexibility index (Phi) is 5.24. The number of benzene rings is 2. The quantitative estimate of drug-likeness (QED) is 0.847. The van der Waals surface area contributed by atoms with Crippen LogP contribution in [0.25, 0.3) is 0 Å². The Morgan fingerprint density at radius 1 is 0.880 bits per heavy atom. The number of nitrogens with zero attached hydrogens (tertiary/aromatic N) is 2. The second-order valence-electron chi connectivity index (χ2n) is 7.88. The second kappa shape index (κ2) is 7.40. The monoisotopic (exact) mass is 336 g/mol. The first-order valence-electron chi connectivity index (χ1n) is 9.09. The lowest BCUT2D eigenvalue weighted by Gasteiger charge is -2.35. The average molecular weight is 336 g/mol. The Balaban J connectivity index is 1.53. The van der Waals surface area contributed by atoms with E-state index in [9.17, 15) is 4.79 Å². The zero-order chi connectivity index (χ0) is 17.9. The molecule has 0 unspecified atom stereocenters. The molecule has 0 radical (unpaired) electrons. The molecule has 2 aromatic carbocycles. The first-order valence-corrected chi connectivity index (χ1v) is 9.09. The second-order valence-corrected chi connectivity index (χ2v) is 7.88. The van der Waals surface area contributed by atoms with Crippen molar-refractivity contribution in [2.45, 2.75) is 32.7 Å². The van der Waals surface area contributed by atoms with Crippen LogP contribution in [0.3, 0.4) is 0 Å². The molecule has 3 nitrogen and oxygen atoms in total. The lowest BCUT2D eigenvalue weighted by Crippen LogP contribution is -2.48. The van der Waals surface area contributed by atoms with E-state index in [1.54, 1.807) is 0 Å². The molecule has 0 bridgehead atoms. The van der Waals surface area contributed by atoms with Gasteiger partial charge in [0.2, 0.25) is 0 Å². The molecule has 1 amide bonds. The van der Waals surface area contributed by atoms with Gasteiger partial charge in [-0.25, -0.2) is 0 Å². The van der Waals surface area contributed by atoms with E-state index in [4.69, 9.17) is 0 Å². The van der Waals surface area contributed by atoms with Crippen LogP contribution in [-0.4, -0.2) is 41.9 Å². The number of rotatable bonds is 3. The van der Waals surface area contributed by atoms with Gasteiger partial charge in [0.05, 0.1) is 0 Å². The first-order chi connectivity index (χ1) is 11.9. The molecule has 3 rings (SSSR count). The standard InChI is InChI=1S/C22H28N2O/c1-22(2,3)20-11-9-18(10-12-20)17-23-13-15-24(16-14-23)21(25)19-7-5-4-6-8-19/h4-12H,13-17H2,1-3H3. The van der Waals surface area contributed by atoms with Crippen molar-refractivity contribution in [1.82, 2.24) is 9.80 Å². The number of carbonyl (C=O) groups is 1. The number of hydrogen-bond donors (Lipinski definition) is 0. The Morgan fingerprint density at radius 2 is 1.48 bits per heavy atom. The van der Waals surface area contributed by atoms with Gasteiger partial charge in [-0.15, -0.1) is 0 Å². The number of piperazine rings is 1. The SMILES string of the molecule is CC(C)(C)c1ccc(CN2CCN(C(=O)c3ccccc3)CC2)cc1. The molecular formula is C22H28N2O. The summed E-state index contributed by atoms with van der Waals surface area (Å²) in [6.07, 6.45) is 0. The first kappa shape index (κ1) is 17.7. The van der Waals surface area contributed by atoms with Crippen LogP contribution >= 0.6 is 0 Å². The van der Waals surface area contributed by atoms with Gasteiger partial charge in [-0.2, -0.15) is 0 Å². The van der Waals surface area contributed by atoms with E-state index >= 15 is 0 Å². The summed E-state index contributed by atoms with van der Waals surface area (Å²) in [6, 6.07) is 18.5. The van der Waals surface area contributed by atoms with Crippen molar-refractivity contribution >= 4 is 5.91 Å². The highest BCUT2D eigenvalue weighted by molar-refractivity contribution is 5.94. The molecule has 1 aliphatic heterocycles. The van der Waals surface area contributed by atoms with Gasteiger partial charge < -0.3 is 4.90 Å². The molecule has 0 spiro atoms. The molecule has 1 aliphatic rings. The van der Waals surface area contributed by atoms with Crippen LogP contribution in [0.15, 0.2) is 54.6 Å². The number of amides is 1. The van der Waals surface area contributed by atoms with Crippen molar-refractivity contribution in [2.24, 2.45) is 0 Å². The maximum absolute atomic E-state index is 12.5. The van der Waals surface area contributed by atoms with Crippen molar-refractivity contribution in [2.75, 3.05) is 26.2 Å². The fourth-order valence-electron chi connectivity index (χ4n) is 3.24.